The summed E-state index contributed by atoms with van der Waals surface area (Å²) in [6.07, 6.45) is 1.66. The van der Waals surface area contributed by atoms with Crippen LogP contribution in [0.3, 0.4) is 0 Å². The molecule has 0 saturated carbocycles. The molecule has 0 aromatic heterocycles. The van der Waals surface area contributed by atoms with Gasteiger partial charge < -0.3 is 5.32 Å². The third-order valence-electron chi connectivity index (χ3n) is 4.57. The predicted octanol–water partition coefficient (Wildman–Crippen LogP) is 6.41. The maximum Gasteiger partial charge on any atom is 0.262 e. The first-order valence-corrected chi connectivity index (χ1v) is 13.0. The maximum absolute atomic E-state index is 13.1. The van der Waals surface area contributed by atoms with Gasteiger partial charge in [0, 0.05) is 13.8 Å². The van der Waals surface area contributed by atoms with Gasteiger partial charge in [0.05, 0.1) is 21.2 Å². The van der Waals surface area contributed by atoms with E-state index in [0.717, 1.165) is 4.90 Å². The lowest BCUT2D eigenvalue weighted by Gasteiger charge is -2.19. The second-order valence-corrected chi connectivity index (χ2v) is 11.5. The van der Waals surface area contributed by atoms with Gasteiger partial charge in [-0.2, -0.15) is 0 Å². The molecule has 31 heavy (non-hydrogen) atoms. The molecule has 0 spiro atoms. The first-order valence-electron chi connectivity index (χ1n) is 8.99. The van der Waals surface area contributed by atoms with Gasteiger partial charge in [0.1, 0.15) is 5.82 Å². The van der Waals surface area contributed by atoms with E-state index < -0.39 is 9.84 Å². The SMILES string of the molecule is O=C1Nc2cc(S(=O)(=O)Cc3c(Br)cccc3Br)ccc2SC1=Cc1ccc(F)cc1. The minimum absolute atomic E-state index is 0.126. The summed E-state index contributed by atoms with van der Waals surface area (Å²) in [6, 6.07) is 15.9. The van der Waals surface area contributed by atoms with Crippen LogP contribution in [0.4, 0.5) is 10.1 Å². The third-order valence-corrected chi connectivity index (χ3v) is 8.79. The Bertz CT molecular complexity index is 1300. The van der Waals surface area contributed by atoms with E-state index in [9.17, 15) is 17.6 Å². The average Bonchev–Trinajstić information content (AvgIpc) is 2.72. The number of hydrogen-bond acceptors (Lipinski definition) is 4. The third kappa shape index (κ3) is 4.95. The van der Waals surface area contributed by atoms with Gasteiger partial charge in [-0.3, -0.25) is 4.79 Å². The van der Waals surface area contributed by atoms with Crippen molar-refractivity contribution in [2.45, 2.75) is 15.5 Å². The zero-order chi connectivity index (χ0) is 22.2. The van der Waals surface area contributed by atoms with Crippen LogP contribution in [0.1, 0.15) is 11.1 Å². The number of carbonyl (C=O) groups excluding carboxylic acids is 1. The molecule has 1 heterocycles. The fourth-order valence-corrected chi connectivity index (χ4v) is 7.00. The zero-order valence-corrected chi connectivity index (χ0v) is 20.5. The minimum atomic E-state index is -3.65. The molecule has 1 N–H and O–H groups in total. The lowest BCUT2D eigenvalue weighted by atomic mass is 10.2. The molecule has 4 nitrogen and oxygen atoms in total. The Balaban J connectivity index is 1.62. The fraction of sp³-hybridized carbons (Fsp3) is 0.0455. The van der Waals surface area contributed by atoms with Gasteiger partial charge in [-0.1, -0.05) is 61.8 Å². The normalized spacial score (nSPS) is 14.9. The molecule has 0 radical (unpaired) electrons. The van der Waals surface area contributed by atoms with Crippen LogP contribution in [0, 0.1) is 5.82 Å². The van der Waals surface area contributed by atoms with Crippen LogP contribution < -0.4 is 5.32 Å². The molecule has 3 aromatic rings. The number of carbonyl (C=O) groups is 1. The number of anilines is 1. The first kappa shape index (κ1) is 22.3. The molecule has 0 bridgehead atoms. The summed E-state index contributed by atoms with van der Waals surface area (Å²) >= 11 is 8.03. The van der Waals surface area contributed by atoms with Crippen molar-refractivity contribution in [1.82, 2.24) is 0 Å². The van der Waals surface area contributed by atoms with E-state index in [4.69, 9.17) is 0 Å². The average molecular weight is 583 g/mol. The van der Waals surface area contributed by atoms with Crippen LogP contribution in [0.5, 0.6) is 0 Å². The molecule has 1 amide bonds. The van der Waals surface area contributed by atoms with Crippen LogP contribution in [-0.4, -0.2) is 14.3 Å². The lowest BCUT2D eigenvalue weighted by molar-refractivity contribution is -0.112. The van der Waals surface area contributed by atoms with Crippen molar-refractivity contribution in [3.63, 3.8) is 0 Å². The van der Waals surface area contributed by atoms with Gasteiger partial charge >= 0.3 is 0 Å². The van der Waals surface area contributed by atoms with Crippen LogP contribution in [0.25, 0.3) is 6.08 Å². The van der Waals surface area contributed by atoms with E-state index in [2.05, 4.69) is 37.2 Å². The second-order valence-electron chi connectivity index (χ2n) is 6.73. The molecule has 3 aromatic carbocycles. The molecule has 1 aliphatic heterocycles. The predicted molar refractivity (Wildman–Crippen MR) is 128 cm³/mol. The maximum atomic E-state index is 13.1. The molecular formula is C22H14Br2FNO3S2. The Kier molecular flexibility index (Phi) is 6.39. The molecule has 0 fully saturated rings. The van der Waals surface area contributed by atoms with Crippen molar-refractivity contribution >= 4 is 71.1 Å². The number of halogens is 3. The van der Waals surface area contributed by atoms with Crippen LogP contribution in [0.15, 0.2) is 84.3 Å². The van der Waals surface area contributed by atoms with Crippen molar-refractivity contribution in [3.8, 4) is 0 Å². The molecule has 1 aliphatic rings. The van der Waals surface area contributed by atoms with Crippen LogP contribution in [0.2, 0.25) is 0 Å². The number of nitrogens with one attached hydrogen (secondary N) is 1. The summed E-state index contributed by atoms with van der Waals surface area (Å²) in [5.41, 5.74) is 1.77. The molecular weight excluding hydrogens is 569 g/mol. The van der Waals surface area contributed by atoms with Crippen LogP contribution >= 0.6 is 43.6 Å². The Morgan fingerprint density at radius 3 is 2.35 bits per heavy atom. The van der Waals surface area contributed by atoms with Crippen molar-refractivity contribution in [3.05, 3.63) is 91.5 Å². The number of benzene rings is 3. The standard InChI is InChI=1S/C22H14Br2FNO3S2/c23-17-2-1-3-18(24)16(17)12-31(28,29)15-8-9-20-19(11-15)26-22(27)21(30-20)10-13-4-6-14(25)7-5-13/h1-11H,12H2,(H,26,27). The van der Waals surface area contributed by atoms with E-state index in [0.29, 0.717) is 30.7 Å². The summed E-state index contributed by atoms with van der Waals surface area (Å²) in [4.78, 5) is 13.8. The monoisotopic (exact) mass is 581 g/mol. The highest BCUT2D eigenvalue weighted by Gasteiger charge is 2.25. The van der Waals surface area contributed by atoms with E-state index in [-0.39, 0.29) is 22.4 Å². The molecule has 4 rings (SSSR count). The van der Waals surface area contributed by atoms with Gasteiger partial charge in [0.25, 0.3) is 5.91 Å². The largest absolute Gasteiger partial charge is 0.320 e. The Labute approximate surface area is 200 Å². The molecule has 0 unspecified atom stereocenters. The first-order chi connectivity index (χ1) is 14.7. The Morgan fingerprint density at radius 2 is 1.68 bits per heavy atom. The van der Waals surface area contributed by atoms with Gasteiger partial charge in [0.15, 0.2) is 9.84 Å². The number of fused-ring (bicyclic) bond motifs is 1. The van der Waals surface area contributed by atoms with Crippen molar-refractivity contribution in [2.24, 2.45) is 0 Å². The summed E-state index contributed by atoms with van der Waals surface area (Å²) < 4.78 is 40.5. The number of sulfone groups is 1. The zero-order valence-electron chi connectivity index (χ0n) is 15.7. The quantitative estimate of drug-likeness (QED) is 0.361. The minimum Gasteiger partial charge on any atom is -0.320 e. The Hall–Kier alpha value is -1.94. The molecule has 0 atom stereocenters. The molecule has 0 aliphatic carbocycles. The van der Waals surface area contributed by atoms with Gasteiger partial charge in [-0.05, 0) is 59.7 Å². The number of thioether (sulfide) groups is 1. The van der Waals surface area contributed by atoms with Gasteiger partial charge in [0.2, 0.25) is 0 Å². The highest BCUT2D eigenvalue weighted by Crippen LogP contribution is 2.40. The van der Waals surface area contributed by atoms with E-state index in [1.807, 2.05) is 6.07 Å². The summed E-state index contributed by atoms with van der Waals surface area (Å²) in [7, 11) is -3.65. The lowest BCUT2D eigenvalue weighted by Crippen LogP contribution is -2.18. The molecule has 158 valence electrons. The van der Waals surface area contributed by atoms with Crippen molar-refractivity contribution in [1.29, 1.82) is 0 Å². The van der Waals surface area contributed by atoms with E-state index >= 15 is 0 Å². The summed E-state index contributed by atoms with van der Waals surface area (Å²) in [5.74, 6) is -0.883. The fourth-order valence-electron chi connectivity index (χ4n) is 2.99. The summed E-state index contributed by atoms with van der Waals surface area (Å²) in [5, 5.41) is 2.76. The summed E-state index contributed by atoms with van der Waals surface area (Å²) in [6.45, 7) is 0. The topological polar surface area (TPSA) is 63.2 Å². The van der Waals surface area contributed by atoms with Crippen LogP contribution in [-0.2, 0) is 20.4 Å². The highest BCUT2D eigenvalue weighted by molar-refractivity contribution is 9.11. The van der Waals surface area contributed by atoms with Crippen molar-refractivity contribution < 1.29 is 17.6 Å². The molecule has 0 saturated heterocycles. The molecule has 9 heteroatoms. The Morgan fingerprint density at radius 1 is 1.00 bits per heavy atom. The number of amides is 1. The second kappa shape index (κ2) is 8.90. The van der Waals surface area contributed by atoms with Gasteiger partial charge in [-0.15, -0.1) is 0 Å². The van der Waals surface area contributed by atoms with Gasteiger partial charge in [-0.25, -0.2) is 12.8 Å². The van der Waals surface area contributed by atoms with E-state index in [1.54, 1.807) is 42.5 Å². The smallest absolute Gasteiger partial charge is 0.262 e. The number of hydrogen-bond donors (Lipinski definition) is 1. The van der Waals surface area contributed by atoms with Crippen molar-refractivity contribution in [2.75, 3.05) is 5.32 Å². The van der Waals surface area contributed by atoms with E-state index in [1.165, 1.54) is 30.0 Å². The number of rotatable bonds is 4. The highest BCUT2D eigenvalue weighted by atomic mass is 79.9.